The Morgan fingerprint density at radius 1 is 1.21 bits per heavy atom. The zero-order valence-corrected chi connectivity index (χ0v) is 21.3. The third-order valence-corrected chi connectivity index (χ3v) is 7.05. The topological polar surface area (TPSA) is 78.2 Å². The van der Waals surface area contributed by atoms with Crippen LogP contribution in [0.1, 0.15) is 29.7 Å². The Kier molecular flexibility index (Phi) is 6.18. The van der Waals surface area contributed by atoms with Gasteiger partial charge in [-0.2, -0.15) is 4.98 Å². The number of thiazole rings is 1. The lowest BCUT2D eigenvalue weighted by molar-refractivity contribution is 0.194. The minimum absolute atomic E-state index is 0.185. The fraction of sp³-hybridized carbons (Fsp3) is 0.417. The van der Waals surface area contributed by atoms with E-state index in [0.29, 0.717) is 46.8 Å². The van der Waals surface area contributed by atoms with Crippen LogP contribution in [-0.2, 0) is 6.54 Å². The number of hydrogen-bond donors (Lipinski definition) is 0. The molecule has 0 bridgehead atoms. The van der Waals surface area contributed by atoms with Gasteiger partial charge in [-0.25, -0.2) is 15.0 Å². The number of aromatic nitrogens is 5. The molecule has 0 saturated heterocycles. The molecule has 0 atom stereocenters. The number of benzene rings is 1. The van der Waals surface area contributed by atoms with E-state index in [0.717, 1.165) is 34.8 Å². The Bertz CT molecular complexity index is 1330. The van der Waals surface area contributed by atoms with E-state index < -0.39 is 0 Å². The van der Waals surface area contributed by atoms with Crippen LogP contribution in [0.5, 0.6) is 11.6 Å². The molecule has 8 nitrogen and oxygen atoms in total. The fourth-order valence-electron chi connectivity index (χ4n) is 3.60. The standard InChI is InChI=1S/C24H27ClN6O2S/c1-15-12-26-18(34-15)13-31-21(16-6-5-7-17(19(16)25)32-11-10-30(3)4)29-20-22(31)27-14-28-23(20)33-24(2)8-9-24/h5-7,12,14H,8-11,13H2,1-4H3. The summed E-state index contributed by atoms with van der Waals surface area (Å²) in [5.74, 6) is 1.80. The maximum Gasteiger partial charge on any atom is 0.245 e. The first-order valence-corrected chi connectivity index (χ1v) is 12.4. The number of aryl methyl sites for hydroxylation is 1. The van der Waals surface area contributed by atoms with Crippen LogP contribution in [0.3, 0.4) is 0 Å². The first-order valence-electron chi connectivity index (χ1n) is 11.2. The van der Waals surface area contributed by atoms with Crippen molar-refractivity contribution in [2.45, 2.75) is 38.8 Å². The second kappa shape index (κ2) is 9.13. The average Bonchev–Trinajstić information content (AvgIpc) is 3.20. The highest BCUT2D eigenvalue weighted by Gasteiger charge is 2.41. The van der Waals surface area contributed by atoms with Gasteiger partial charge in [0.15, 0.2) is 11.2 Å². The molecular weight excluding hydrogens is 472 g/mol. The lowest BCUT2D eigenvalue weighted by Gasteiger charge is -2.14. The molecule has 4 aromatic rings. The lowest BCUT2D eigenvalue weighted by atomic mass is 10.2. The van der Waals surface area contributed by atoms with Gasteiger partial charge in [0.1, 0.15) is 35.1 Å². The second-order valence-electron chi connectivity index (χ2n) is 9.06. The van der Waals surface area contributed by atoms with E-state index in [2.05, 4.69) is 26.8 Å². The number of likely N-dealkylation sites (N-methyl/N-ethyl adjacent to an activating group) is 1. The van der Waals surface area contributed by atoms with E-state index >= 15 is 0 Å². The van der Waals surface area contributed by atoms with E-state index in [1.54, 1.807) is 11.3 Å². The number of nitrogens with zero attached hydrogens (tertiary/aromatic N) is 6. The molecule has 10 heteroatoms. The lowest BCUT2D eigenvalue weighted by Crippen LogP contribution is -2.19. The van der Waals surface area contributed by atoms with Crippen LogP contribution in [0.2, 0.25) is 5.02 Å². The second-order valence-corrected chi connectivity index (χ2v) is 10.8. The van der Waals surface area contributed by atoms with Crippen LogP contribution in [0, 0.1) is 6.92 Å². The van der Waals surface area contributed by atoms with Crippen molar-refractivity contribution in [3.63, 3.8) is 0 Å². The molecule has 0 N–H and O–H groups in total. The molecule has 3 aromatic heterocycles. The van der Waals surface area contributed by atoms with Crippen LogP contribution >= 0.6 is 22.9 Å². The summed E-state index contributed by atoms with van der Waals surface area (Å²) in [5.41, 5.74) is 1.88. The average molecular weight is 499 g/mol. The number of fused-ring (bicyclic) bond motifs is 1. The van der Waals surface area contributed by atoms with E-state index in [1.165, 1.54) is 6.33 Å². The first kappa shape index (κ1) is 23.0. The van der Waals surface area contributed by atoms with Gasteiger partial charge in [0.2, 0.25) is 5.88 Å². The molecule has 178 valence electrons. The quantitative estimate of drug-likeness (QED) is 0.327. The normalized spacial score (nSPS) is 14.6. The van der Waals surface area contributed by atoms with E-state index in [4.69, 9.17) is 26.1 Å². The third-order valence-electron chi connectivity index (χ3n) is 5.76. The molecule has 1 fully saturated rings. The minimum Gasteiger partial charge on any atom is -0.491 e. The molecule has 1 aliphatic carbocycles. The van der Waals surface area contributed by atoms with Crippen molar-refractivity contribution >= 4 is 34.1 Å². The largest absolute Gasteiger partial charge is 0.491 e. The van der Waals surface area contributed by atoms with Gasteiger partial charge in [0, 0.05) is 23.2 Å². The van der Waals surface area contributed by atoms with E-state index in [1.807, 2.05) is 50.0 Å². The van der Waals surface area contributed by atoms with Crippen molar-refractivity contribution in [3.8, 4) is 23.0 Å². The van der Waals surface area contributed by atoms with Gasteiger partial charge in [-0.15, -0.1) is 11.3 Å². The SMILES string of the molecule is Cc1cnc(Cn2c(-c3cccc(OCCN(C)C)c3Cl)nc3c(OC4(C)CC4)ncnc32)s1. The van der Waals surface area contributed by atoms with Crippen LogP contribution < -0.4 is 9.47 Å². The summed E-state index contributed by atoms with van der Waals surface area (Å²) < 4.78 is 14.2. The van der Waals surface area contributed by atoms with Crippen LogP contribution in [-0.4, -0.2) is 62.3 Å². The molecule has 0 aliphatic heterocycles. The van der Waals surface area contributed by atoms with Gasteiger partial charge in [-0.05, 0) is 52.9 Å². The molecule has 0 spiro atoms. The Morgan fingerprint density at radius 2 is 2.03 bits per heavy atom. The predicted molar refractivity (Wildman–Crippen MR) is 134 cm³/mol. The van der Waals surface area contributed by atoms with Crippen molar-refractivity contribution in [1.29, 1.82) is 0 Å². The van der Waals surface area contributed by atoms with Crippen molar-refractivity contribution in [3.05, 3.63) is 45.6 Å². The number of imidazole rings is 1. The molecule has 0 radical (unpaired) electrons. The van der Waals surface area contributed by atoms with Crippen LogP contribution in [0.4, 0.5) is 0 Å². The summed E-state index contributed by atoms with van der Waals surface area (Å²) in [6.45, 7) is 5.97. The van der Waals surface area contributed by atoms with Crippen molar-refractivity contribution < 1.29 is 9.47 Å². The Labute approximate surface area is 207 Å². The number of rotatable bonds is 9. The van der Waals surface area contributed by atoms with Gasteiger partial charge < -0.3 is 18.9 Å². The van der Waals surface area contributed by atoms with Crippen molar-refractivity contribution in [2.24, 2.45) is 0 Å². The summed E-state index contributed by atoms with van der Waals surface area (Å²) in [6, 6.07) is 5.75. The molecule has 0 amide bonds. The van der Waals surface area contributed by atoms with Gasteiger partial charge >= 0.3 is 0 Å². The monoisotopic (exact) mass is 498 g/mol. The predicted octanol–water partition coefficient (Wildman–Crippen LogP) is 4.83. The molecule has 3 heterocycles. The van der Waals surface area contributed by atoms with E-state index in [9.17, 15) is 0 Å². The van der Waals surface area contributed by atoms with Gasteiger partial charge in [0.05, 0.1) is 11.6 Å². The smallest absolute Gasteiger partial charge is 0.245 e. The fourth-order valence-corrected chi connectivity index (χ4v) is 4.64. The summed E-state index contributed by atoms with van der Waals surface area (Å²) in [4.78, 5) is 21.7. The highest BCUT2D eigenvalue weighted by atomic mass is 35.5. The Hall–Kier alpha value is -2.75. The van der Waals surface area contributed by atoms with Crippen LogP contribution in [0.25, 0.3) is 22.6 Å². The zero-order valence-electron chi connectivity index (χ0n) is 19.7. The summed E-state index contributed by atoms with van der Waals surface area (Å²) in [6.07, 6.45) is 5.41. The maximum atomic E-state index is 6.85. The van der Waals surface area contributed by atoms with Crippen molar-refractivity contribution in [2.75, 3.05) is 27.2 Å². The highest BCUT2D eigenvalue weighted by molar-refractivity contribution is 7.11. The molecular formula is C24H27ClN6O2S. The molecule has 5 rings (SSSR count). The number of ether oxygens (including phenoxy) is 2. The van der Waals surface area contributed by atoms with Gasteiger partial charge in [-0.3, -0.25) is 0 Å². The number of halogens is 1. The maximum absolute atomic E-state index is 6.85. The van der Waals surface area contributed by atoms with Gasteiger partial charge in [0.25, 0.3) is 0 Å². The molecule has 0 unspecified atom stereocenters. The first-order chi connectivity index (χ1) is 16.3. The summed E-state index contributed by atoms with van der Waals surface area (Å²) >= 11 is 8.50. The molecule has 1 aliphatic rings. The van der Waals surface area contributed by atoms with E-state index in [-0.39, 0.29) is 5.60 Å². The minimum atomic E-state index is -0.185. The Morgan fingerprint density at radius 3 is 2.74 bits per heavy atom. The molecule has 34 heavy (non-hydrogen) atoms. The highest BCUT2D eigenvalue weighted by Crippen LogP contribution is 2.42. The molecule has 1 saturated carbocycles. The third kappa shape index (κ3) is 4.73. The molecule has 1 aromatic carbocycles. The zero-order chi connectivity index (χ0) is 23.9. The summed E-state index contributed by atoms with van der Waals surface area (Å²) in [7, 11) is 4.01. The van der Waals surface area contributed by atoms with Crippen LogP contribution in [0.15, 0.2) is 30.7 Å². The van der Waals surface area contributed by atoms with Gasteiger partial charge in [-0.1, -0.05) is 17.7 Å². The Balaban J connectivity index is 1.61. The summed E-state index contributed by atoms with van der Waals surface area (Å²) in [5, 5.41) is 1.47. The number of hydrogen-bond acceptors (Lipinski definition) is 8. The van der Waals surface area contributed by atoms with Crippen molar-refractivity contribution in [1.82, 2.24) is 29.4 Å².